The van der Waals surface area contributed by atoms with E-state index in [0.717, 1.165) is 0 Å². The van der Waals surface area contributed by atoms with Crippen LogP contribution in [0.15, 0.2) is 12.5 Å². The van der Waals surface area contributed by atoms with E-state index < -0.39 is 5.79 Å². The van der Waals surface area contributed by atoms with Gasteiger partial charge in [-0.15, -0.1) is 0 Å². The third kappa shape index (κ3) is 3.95. The molecule has 1 heterocycles. The van der Waals surface area contributed by atoms with E-state index in [9.17, 15) is 4.79 Å². The molecule has 0 atom stereocenters. The number of hydrogen-bond donors (Lipinski definition) is 0. The van der Waals surface area contributed by atoms with Crippen LogP contribution in [0.5, 0.6) is 0 Å². The largest absolute Gasteiger partial charge is 0.465 e. The van der Waals surface area contributed by atoms with Gasteiger partial charge in [0.2, 0.25) is 0 Å². The molecule has 0 saturated heterocycles. The van der Waals surface area contributed by atoms with Crippen LogP contribution < -0.4 is 0 Å². The quantitative estimate of drug-likeness (QED) is 0.672. The van der Waals surface area contributed by atoms with Gasteiger partial charge in [-0.2, -0.15) is 0 Å². The summed E-state index contributed by atoms with van der Waals surface area (Å²) < 4.78 is 16.1. The standard InChI is InChI=1S/C13H22O4/c1-10(2)9-15-12(14)5-6-13(11(3)4)16-7-8-17-13/h7-8,10-11H,5-6,9H2,1-4H3. The first-order valence-electron chi connectivity index (χ1n) is 6.12. The Kier molecular flexibility index (Phi) is 4.85. The Morgan fingerprint density at radius 2 is 1.82 bits per heavy atom. The topological polar surface area (TPSA) is 44.8 Å². The number of esters is 1. The third-order valence-electron chi connectivity index (χ3n) is 2.73. The molecule has 4 heteroatoms. The van der Waals surface area contributed by atoms with E-state index in [-0.39, 0.29) is 11.9 Å². The van der Waals surface area contributed by atoms with Crippen LogP contribution in [0.4, 0.5) is 0 Å². The minimum Gasteiger partial charge on any atom is -0.465 e. The Morgan fingerprint density at radius 3 is 2.29 bits per heavy atom. The molecule has 98 valence electrons. The van der Waals surface area contributed by atoms with Crippen LogP contribution in [-0.2, 0) is 19.0 Å². The second kappa shape index (κ2) is 5.94. The summed E-state index contributed by atoms with van der Waals surface area (Å²) in [7, 11) is 0. The SMILES string of the molecule is CC(C)COC(=O)CCC1(C(C)C)OC=CO1. The summed E-state index contributed by atoms with van der Waals surface area (Å²) in [5, 5.41) is 0. The van der Waals surface area contributed by atoms with Gasteiger partial charge in [0.25, 0.3) is 5.79 Å². The zero-order valence-corrected chi connectivity index (χ0v) is 11.1. The molecule has 0 N–H and O–H groups in total. The highest BCUT2D eigenvalue weighted by Crippen LogP contribution is 2.33. The number of ether oxygens (including phenoxy) is 3. The molecular formula is C13H22O4. The molecule has 1 aliphatic heterocycles. The van der Waals surface area contributed by atoms with Crippen molar-refractivity contribution in [2.24, 2.45) is 11.8 Å². The van der Waals surface area contributed by atoms with Gasteiger partial charge in [-0.25, -0.2) is 0 Å². The zero-order valence-electron chi connectivity index (χ0n) is 11.1. The smallest absolute Gasteiger partial charge is 0.306 e. The molecule has 17 heavy (non-hydrogen) atoms. The molecule has 0 spiro atoms. The number of carbonyl (C=O) groups is 1. The molecule has 0 aromatic heterocycles. The second-order valence-electron chi connectivity index (χ2n) is 5.05. The molecule has 0 fully saturated rings. The fraction of sp³-hybridized carbons (Fsp3) is 0.769. The van der Waals surface area contributed by atoms with Gasteiger partial charge < -0.3 is 14.2 Å². The molecule has 0 aromatic carbocycles. The Morgan fingerprint density at radius 1 is 1.24 bits per heavy atom. The Balaban J connectivity index is 2.35. The van der Waals surface area contributed by atoms with Gasteiger partial charge in [-0.05, 0) is 5.92 Å². The Bertz CT molecular complexity index is 273. The third-order valence-corrected chi connectivity index (χ3v) is 2.73. The maximum absolute atomic E-state index is 11.5. The highest BCUT2D eigenvalue weighted by Gasteiger charge is 2.39. The fourth-order valence-corrected chi connectivity index (χ4v) is 1.60. The lowest BCUT2D eigenvalue weighted by molar-refractivity contribution is -0.183. The summed E-state index contributed by atoms with van der Waals surface area (Å²) in [6.07, 6.45) is 3.88. The van der Waals surface area contributed by atoms with Crippen molar-refractivity contribution in [1.82, 2.24) is 0 Å². The zero-order chi connectivity index (χ0) is 12.9. The summed E-state index contributed by atoms with van der Waals surface area (Å²) in [5.41, 5.74) is 0. The van der Waals surface area contributed by atoms with Crippen molar-refractivity contribution in [3.63, 3.8) is 0 Å². The summed E-state index contributed by atoms with van der Waals surface area (Å²) in [4.78, 5) is 11.5. The normalized spacial score (nSPS) is 17.1. The van der Waals surface area contributed by atoms with E-state index in [1.165, 1.54) is 12.5 Å². The molecule has 0 amide bonds. The molecule has 0 bridgehead atoms. The van der Waals surface area contributed by atoms with E-state index in [2.05, 4.69) is 0 Å². The average molecular weight is 242 g/mol. The van der Waals surface area contributed by atoms with Crippen molar-refractivity contribution in [2.75, 3.05) is 6.61 Å². The minimum atomic E-state index is -0.698. The summed E-state index contributed by atoms with van der Waals surface area (Å²) in [6.45, 7) is 8.50. The summed E-state index contributed by atoms with van der Waals surface area (Å²) in [5.74, 6) is -0.358. The van der Waals surface area contributed by atoms with Gasteiger partial charge in [-0.1, -0.05) is 27.7 Å². The maximum Gasteiger partial charge on any atom is 0.306 e. The predicted molar refractivity (Wildman–Crippen MR) is 63.9 cm³/mol. The van der Waals surface area contributed by atoms with Crippen molar-refractivity contribution < 1.29 is 19.0 Å². The molecule has 0 radical (unpaired) electrons. The van der Waals surface area contributed by atoms with Crippen LogP contribution in [0, 0.1) is 11.8 Å². The molecule has 0 unspecified atom stereocenters. The van der Waals surface area contributed by atoms with Gasteiger partial charge in [0, 0.05) is 12.3 Å². The Labute approximate surface area is 103 Å². The fourth-order valence-electron chi connectivity index (χ4n) is 1.60. The van der Waals surface area contributed by atoms with Gasteiger partial charge in [0.05, 0.1) is 13.0 Å². The lowest BCUT2D eigenvalue weighted by atomic mass is 9.97. The predicted octanol–water partition coefficient (Wildman–Crippen LogP) is 2.84. The molecule has 1 aliphatic rings. The van der Waals surface area contributed by atoms with E-state index in [4.69, 9.17) is 14.2 Å². The van der Waals surface area contributed by atoms with Gasteiger partial charge in [0.1, 0.15) is 12.5 Å². The molecule has 4 nitrogen and oxygen atoms in total. The van der Waals surface area contributed by atoms with E-state index >= 15 is 0 Å². The van der Waals surface area contributed by atoms with Crippen LogP contribution in [0.25, 0.3) is 0 Å². The van der Waals surface area contributed by atoms with E-state index in [1.54, 1.807) is 0 Å². The van der Waals surface area contributed by atoms with E-state index in [0.29, 0.717) is 25.4 Å². The lowest BCUT2D eigenvalue weighted by Gasteiger charge is -2.31. The highest BCUT2D eigenvalue weighted by molar-refractivity contribution is 5.69. The Hall–Kier alpha value is -1.19. The van der Waals surface area contributed by atoms with Crippen LogP contribution >= 0.6 is 0 Å². The molecule has 1 rings (SSSR count). The van der Waals surface area contributed by atoms with E-state index in [1.807, 2.05) is 27.7 Å². The van der Waals surface area contributed by atoms with Crippen molar-refractivity contribution in [3.05, 3.63) is 12.5 Å². The van der Waals surface area contributed by atoms with Crippen LogP contribution in [0.1, 0.15) is 40.5 Å². The minimum absolute atomic E-state index is 0.176. The molecule has 0 aromatic rings. The van der Waals surface area contributed by atoms with Gasteiger partial charge in [0.15, 0.2) is 0 Å². The first kappa shape index (κ1) is 13.9. The van der Waals surface area contributed by atoms with Crippen LogP contribution in [0.3, 0.4) is 0 Å². The number of rotatable bonds is 6. The van der Waals surface area contributed by atoms with Crippen LogP contribution in [-0.4, -0.2) is 18.4 Å². The molecule has 0 saturated carbocycles. The summed E-state index contributed by atoms with van der Waals surface area (Å²) in [6, 6.07) is 0. The monoisotopic (exact) mass is 242 g/mol. The van der Waals surface area contributed by atoms with Crippen molar-refractivity contribution >= 4 is 5.97 Å². The average Bonchev–Trinajstić information content (AvgIpc) is 2.73. The molecular weight excluding hydrogens is 220 g/mol. The summed E-state index contributed by atoms with van der Waals surface area (Å²) >= 11 is 0. The second-order valence-corrected chi connectivity index (χ2v) is 5.05. The van der Waals surface area contributed by atoms with Crippen molar-refractivity contribution in [2.45, 2.75) is 46.3 Å². The first-order valence-corrected chi connectivity index (χ1v) is 6.12. The lowest BCUT2D eigenvalue weighted by Crippen LogP contribution is -2.37. The highest BCUT2D eigenvalue weighted by atomic mass is 16.7. The van der Waals surface area contributed by atoms with Gasteiger partial charge in [-0.3, -0.25) is 4.79 Å². The number of hydrogen-bond acceptors (Lipinski definition) is 4. The maximum atomic E-state index is 11.5. The van der Waals surface area contributed by atoms with Crippen molar-refractivity contribution in [1.29, 1.82) is 0 Å². The van der Waals surface area contributed by atoms with Crippen molar-refractivity contribution in [3.8, 4) is 0 Å². The number of carbonyl (C=O) groups excluding carboxylic acids is 1. The molecule has 0 aliphatic carbocycles. The van der Waals surface area contributed by atoms with Crippen LogP contribution in [0.2, 0.25) is 0 Å². The first-order chi connectivity index (χ1) is 7.96. The van der Waals surface area contributed by atoms with Gasteiger partial charge >= 0.3 is 5.97 Å².